The molecule has 0 spiro atoms. The molecule has 14 nitrogen and oxygen atoms in total. The van der Waals surface area contributed by atoms with Crippen LogP contribution in [0.15, 0.2) is 130 Å². The van der Waals surface area contributed by atoms with E-state index >= 15 is 0 Å². The van der Waals surface area contributed by atoms with E-state index in [0.29, 0.717) is 33.8 Å². The molecule has 0 N–H and O–H groups in total. The van der Waals surface area contributed by atoms with E-state index < -0.39 is 0 Å². The zero-order valence-electron chi connectivity index (χ0n) is 43.1. The Morgan fingerprint density at radius 2 is 0.974 bits per heavy atom. The van der Waals surface area contributed by atoms with Crippen LogP contribution in [0.25, 0.3) is 67.1 Å². The van der Waals surface area contributed by atoms with Crippen molar-refractivity contribution < 1.29 is 45.0 Å². The molecule has 398 valence electrons. The number of fused-ring (bicyclic) bond motifs is 2. The quantitative estimate of drug-likeness (QED) is 0.0941. The van der Waals surface area contributed by atoms with Crippen LogP contribution < -0.4 is 0 Å². The Kier molecular flexibility index (Phi) is 17.4. The normalized spacial score (nSPS) is 16.2. The van der Waals surface area contributed by atoms with Gasteiger partial charge in [0.1, 0.15) is 22.6 Å². The van der Waals surface area contributed by atoms with Crippen molar-refractivity contribution in [3.63, 3.8) is 0 Å². The van der Waals surface area contributed by atoms with Crippen molar-refractivity contribution in [3.8, 4) is 51.0 Å². The summed E-state index contributed by atoms with van der Waals surface area (Å²) >= 11 is 6.90. The standard InChI is InChI=1S/C30H28N4O3.C29H28ClN3O3.CN.ClH.Cu/c1-33(2)29(35)21-5-3-20(4-6-21)27-18-26-28(37-27)24(9-12-32-26)22-7-8-25(23(17-22)19-31)30(10-11-30)34-13-15-36-16-14-34;1-32(2)28(34)20-5-3-19(4-6-20)26-18-25-27(36-26)22(9-12-31-25)21-7-8-23(24(30)17-21)29(10-11-29)33-13-15-35-16-14-33;1-2;;/h3-9,12,17-18H,10-11,13-16H2,1-2H3;3-9,12,17-18H,10-11,13-16H2,1-2H3;;1H;/q;;-1;;+1. The first-order valence-corrected chi connectivity index (χ1v) is 25.5. The van der Waals surface area contributed by atoms with Gasteiger partial charge >= 0.3 is 17.1 Å². The zero-order valence-corrected chi connectivity index (χ0v) is 45.7. The van der Waals surface area contributed by atoms with E-state index in [-0.39, 0.29) is 52.4 Å². The third kappa shape index (κ3) is 11.1. The summed E-state index contributed by atoms with van der Waals surface area (Å²) < 4.78 is 23.7. The summed E-state index contributed by atoms with van der Waals surface area (Å²) in [5.74, 6) is 1.32. The van der Waals surface area contributed by atoms with Crippen LogP contribution in [0.4, 0.5) is 0 Å². The van der Waals surface area contributed by atoms with Crippen molar-refractivity contribution in [3.05, 3.63) is 161 Å². The number of ether oxygens (including phenoxy) is 2. The summed E-state index contributed by atoms with van der Waals surface area (Å²) in [7, 11) is 6.96. The molecule has 0 bridgehead atoms. The van der Waals surface area contributed by atoms with Crippen LogP contribution in [-0.2, 0) is 37.6 Å². The van der Waals surface area contributed by atoms with Crippen molar-refractivity contribution in [1.29, 1.82) is 10.5 Å². The van der Waals surface area contributed by atoms with Gasteiger partial charge in [-0.05, 0) is 96.5 Å². The second-order valence-corrected chi connectivity index (χ2v) is 20.2. The fourth-order valence-corrected chi connectivity index (χ4v) is 11.0. The molecule has 6 heterocycles. The second-order valence-electron chi connectivity index (χ2n) is 19.7. The fourth-order valence-electron chi connectivity index (χ4n) is 10.7. The van der Waals surface area contributed by atoms with Gasteiger partial charge < -0.3 is 39.9 Å². The number of nitriles is 1. The average Bonchev–Trinajstić information content (AvgIpc) is 4.37. The van der Waals surface area contributed by atoms with Crippen LogP contribution in [0.5, 0.6) is 0 Å². The summed E-state index contributed by atoms with van der Waals surface area (Å²) in [6.45, 7) is 11.5. The van der Waals surface area contributed by atoms with Gasteiger partial charge in [-0.3, -0.25) is 29.4 Å². The molecule has 2 aliphatic carbocycles. The molecule has 2 saturated carbocycles. The molecule has 2 aliphatic heterocycles. The summed E-state index contributed by atoms with van der Waals surface area (Å²) in [6, 6.07) is 37.6. The number of halogens is 2. The predicted octanol–water partition coefficient (Wildman–Crippen LogP) is 11.4. The number of aromatic nitrogens is 2. The number of pyridine rings is 2. The fraction of sp³-hybridized carbons (Fsp3) is 0.300. The smallest absolute Gasteiger partial charge is 0.512 e. The molecule has 12 rings (SSSR count). The van der Waals surface area contributed by atoms with Crippen LogP contribution in [-0.4, -0.2) is 122 Å². The maximum Gasteiger partial charge on any atom is 1.00 e. The van der Waals surface area contributed by atoms with Gasteiger partial charge in [-0.25, -0.2) is 0 Å². The molecule has 2 amide bonds. The number of benzene rings is 4. The molecule has 0 radical (unpaired) electrons. The Labute approximate surface area is 470 Å². The van der Waals surface area contributed by atoms with Gasteiger partial charge in [0.05, 0.1) is 38.1 Å². The van der Waals surface area contributed by atoms with Crippen LogP contribution in [0.1, 0.15) is 63.1 Å². The number of nitrogens with zero attached hydrogens (tertiary/aromatic N) is 8. The van der Waals surface area contributed by atoms with Gasteiger partial charge in [0.2, 0.25) is 0 Å². The molecule has 4 aromatic heterocycles. The molecule has 17 heteroatoms. The first-order valence-electron chi connectivity index (χ1n) is 25.1. The van der Waals surface area contributed by atoms with Crippen molar-refractivity contribution in [2.75, 3.05) is 80.8 Å². The molecule has 2 saturated heterocycles. The summed E-state index contributed by atoms with van der Waals surface area (Å²) in [5.41, 5.74) is 12.8. The van der Waals surface area contributed by atoms with E-state index in [4.69, 9.17) is 41.7 Å². The molecule has 77 heavy (non-hydrogen) atoms. The average molecular weight is 1120 g/mol. The van der Waals surface area contributed by atoms with Crippen molar-refractivity contribution in [2.24, 2.45) is 0 Å². The predicted molar refractivity (Wildman–Crippen MR) is 294 cm³/mol. The number of furan rings is 2. The van der Waals surface area contributed by atoms with E-state index in [0.717, 1.165) is 139 Å². The topological polar surface area (TPSA) is 165 Å². The molecule has 4 aromatic carbocycles. The van der Waals surface area contributed by atoms with Crippen molar-refractivity contribution >= 4 is 58.0 Å². The third-order valence-corrected chi connectivity index (χ3v) is 15.2. The van der Waals surface area contributed by atoms with Gasteiger partial charge in [0, 0.05) is 128 Å². The Bertz CT molecular complexity index is 3480. The monoisotopic (exact) mass is 1120 g/mol. The van der Waals surface area contributed by atoms with Crippen LogP contribution in [0.2, 0.25) is 5.02 Å². The minimum absolute atomic E-state index is 0. The second kappa shape index (κ2) is 23.8. The molecule has 8 aromatic rings. The molecule has 4 aliphatic rings. The van der Waals surface area contributed by atoms with Crippen LogP contribution in [0, 0.1) is 23.2 Å². The Morgan fingerprint density at radius 3 is 1.36 bits per heavy atom. The number of morpholine rings is 2. The third-order valence-electron chi connectivity index (χ3n) is 14.9. The van der Waals surface area contributed by atoms with Crippen LogP contribution in [0.3, 0.4) is 0 Å². The Hall–Kier alpha value is -6.88. The SMILES string of the molecule is CN(C)C(=O)c1ccc(-c2cc3nccc(-c4ccc(C5(N6CCOCC6)CC5)c(C#N)c4)c3o2)cc1.CN(C)C(=O)c1ccc(-c2cc3nccc(-c4ccc(C5(N6CCOCC6)CC5)c(Cl)c4)c3o2)cc1.Cl.[C-]#N.[Cu+]. The number of hydrogen-bond donors (Lipinski definition) is 0. The summed E-state index contributed by atoms with van der Waals surface area (Å²) in [6.07, 6.45) is 7.97. The minimum Gasteiger partial charge on any atom is -0.512 e. The number of amides is 2. The van der Waals surface area contributed by atoms with Crippen LogP contribution >= 0.6 is 24.0 Å². The number of carbonyl (C=O) groups is 2. The van der Waals surface area contributed by atoms with Crippen molar-refractivity contribution in [1.82, 2.24) is 29.6 Å². The molecule has 0 atom stereocenters. The van der Waals surface area contributed by atoms with Crippen molar-refractivity contribution in [2.45, 2.75) is 36.8 Å². The first-order chi connectivity index (χ1) is 36.5. The molecule has 0 unspecified atom stereocenters. The number of rotatable bonds is 10. The van der Waals surface area contributed by atoms with E-state index in [1.165, 1.54) is 5.56 Å². The maximum atomic E-state index is 12.2. The number of hydrogen-bond acceptors (Lipinski definition) is 12. The molecule has 4 fully saturated rings. The van der Waals surface area contributed by atoms with E-state index in [2.05, 4.69) is 56.2 Å². The van der Waals surface area contributed by atoms with E-state index in [9.17, 15) is 14.9 Å². The molecular weight excluding hydrogens is 1060 g/mol. The first kappa shape index (κ1) is 56.3. The van der Waals surface area contributed by atoms with Gasteiger partial charge in [-0.15, -0.1) is 12.4 Å². The summed E-state index contributed by atoms with van der Waals surface area (Å²) in [5, 5.41) is 17.1. The summed E-state index contributed by atoms with van der Waals surface area (Å²) in [4.78, 5) is 41.6. The largest absolute Gasteiger partial charge is 1.00 e. The maximum absolute atomic E-state index is 12.2. The Morgan fingerprint density at radius 1 is 0.584 bits per heavy atom. The van der Waals surface area contributed by atoms with E-state index in [1.807, 2.05) is 66.7 Å². The molecular formula is C60H57Cl2CuN8O6. The number of carbonyl (C=O) groups excluding carboxylic acids is 2. The van der Waals surface area contributed by atoms with Gasteiger partial charge in [-0.1, -0.05) is 60.1 Å². The van der Waals surface area contributed by atoms with Gasteiger partial charge in [0.25, 0.3) is 11.8 Å². The minimum atomic E-state index is -0.0431. The van der Waals surface area contributed by atoms with E-state index in [1.54, 1.807) is 62.5 Å². The van der Waals surface area contributed by atoms with Gasteiger partial charge in [0.15, 0.2) is 11.2 Å². The van der Waals surface area contributed by atoms with Gasteiger partial charge in [-0.2, -0.15) is 5.26 Å². The Balaban J connectivity index is 0.000000193. The zero-order chi connectivity index (χ0) is 52.4.